The highest BCUT2D eigenvalue weighted by atomic mass is 19.4. The van der Waals surface area contributed by atoms with E-state index < -0.39 is 23.2 Å². The number of benzene rings is 2. The highest BCUT2D eigenvalue weighted by Gasteiger charge is 2.34. The van der Waals surface area contributed by atoms with Gasteiger partial charge in [-0.15, -0.1) is 0 Å². The van der Waals surface area contributed by atoms with Crippen LogP contribution in [0.1, 0.15) is 33.6 Å². The van der Waals surface area contributed by atoms with E-state index in [0.717, 1.165) is 12.1 Å². The van der Waals surface area contributed by atoms with Crippen molar-refractivity contribution in [3.8, 4) is 11.8 Å². The average Bonchev–Trinajstić information content (AvgIpc) is 3.06. The van der Waals surface area contributed by atoms with E-state index in [9.17, 15) is 23.2 Å². The maximum Gasteiger partial charge on any atom is 0.417 e. The number of carbonyl (C=O) groups is 1. The first-order valence-corrected chi connectivity index (χ1v) is 9.10. The largest absolute Gasteiger partial charge is 0.417 e. The Morgan fingerprint density at radius 3 is 2.47 bits per heavy atom. The molecule has 2 aromatic carbocycles. The van der Waals surface area contributed by atoms with E-state index in [1.165, 1.54) is 16.8 Å². The lowest BCUT2D eigenvalue weighted by atomic mass is 10.1. The molecule has 0 saturated heterocycles. The van der Waals surface area contributed by atoms with Crippen LogP contribution in [0.2, 0.25) is 0 Å². The molecule has 3 N–H and O–H groups in total. The smallest absolute Gasteiger partial charge is 0.382 e. The number of nitriles is 1. The van der Waals surface area contributed by atoms with Crippen LogP contribution < -0.4 is 11.1 Å². The van der Waals surface area contributed by atoms with Gasteiger partial charge in [-0.1, -0.05) is 30.3 Å². The highest BCUT2D eigenvalue weighted by molar-refractivity contribution is 5.95. The fourth-order valence-corrected chi connectivity index (χ4v) is 3.02. The van der Waals surface area contributed by atoms with Gasteiger partial charge in [-0.05, 0) is 37.1 Å². The Balaban J connectivity index is 1.66. The van der Waals surface area contributed by atoms with Gasteiger partial charge in [0.2, 0.25) is 0 Å². The number of amides is 1. The quantitative estimate of drug-likeness (QED) is 0.602. The minimum Gasteiger partial charge on any atom is -0.382 e. The van der Waals surface area contributed by atoms with Gasteiger partial charge in [0.05, 0.1) is 22.5 Å². The molecule has 0 saturated carbocycles. The van der Waals surface area contributed by atoms with E-state index in [4.69, 9.17) is 5.73 Å². The highest BCUT2D eigenvalue weighted by Crippen LogP contribution is 2.31. The van der Waals surface area contributed by atoms with Gasteiger partial charge in [-0.3, -0.25) is 4.79 Å². The maximum absolute atomic E-state index is 13.0. The number of rotatable bonds is 6. The van der Waals surface area contributed by atoms with Gasteiger partial charge in [0.1, 0.15) is 17.5 Å². The molecule has 0 spiro atoms. The number of nitrogens with two attached hydrogens (primary N) is 1. The summed E-state index contributed by atoms with van der Waals surface area (Å²) in [5.74, 6) is -0.598. The van der Waals surface area contributed by atoms with Crippen LogP contribution in [0.4, 0.5) is 19.0 Å². The second kappa shape index (κ2) is 8.69. The molecule has 1 aromatic heterocycles. The van der Waals surface area contributed by atoms with Gasteiger partial charge in [0.25, 0.3) is 5.91 Å². The predicted molar refractivity (Wildman–Crippen MR) is 105 cm³/mol. The summed E-state index contributed by atoms with van der Waals surface area (Å²) in [5.41, 5.74) is 6.03. The minimum atomic E-state index is -4.61. The third-order valence-electron chi connectivity index (χ3n) is 4.46. The predicted octanol–water partition coefficient (Wildman–Crippen LogP) is 3.71. The summed E-state index contributed by atoms with van der Waals surface area (Å²) in [6.45, 7) is 0.119. The van der Waals surface area contributed by atoms with Crippen LogP contribution in [0.25, 0.3) is 5.69 Å². The Hall–Kier alpha value is -3.80. The second-order valence-electron chi connectivity index (χ2n) is 6.47. The van der Waals surface area contributed by atoms with Crippen molar-refractivity contribution in [1.82, 2.24) is 15.1 Å². The van der Waals surface area contributed by atoms with Gasteiger partial charge in [0.15, 0.2) is 0 Å². The molecule has 30 heavy (non-hydrogen) atoms. The van der Waals surface area contributed by atoms with Crippen molar-refractivity contribution < 1.29 is 18.0 Å². The van der Waals surface area contributed by atoms with Crippen LogP contribution in [0.15, 0.2) is 54.6 Å². The van der Waals surface area contributed by atoms with Crippen molar-refractivity contribution in [2.75, 3.05) is 12.3 Å². The number of alkyl halides is 3. The molecule has 1 amide bonds. The number of halogens is 3. The Kier molecular flexibility index (Phi) is 6.06. The van der Waals surface area contributed by atoms with Crippen molar-refractivity contribution >= 4 is 11.7 Å². The molecule has 0 bridgehead atoms. The van der Waals surface area contributed by atoms with Crippen LogP contribution in [-0.4, -0.2) is 22.2 Å². The SMILES string of the molecule is N#Cc1c(CCCNC(=O)c2ccccc2C(F)(F)F)nn(-c2ccccc2)c1N. The monoisotopic (exact) mass is 413 g/mol. The summed E-state index contributed by atoms with van der Waals surface area (Å²) < 4.78 is 40.6. The summed E-state index contributed by atoms with van der Waals surface area (Å²) in [6.07, 6.45) is -3.91. The van der Waals surface area contributed by atoms with Crippen molar-refractivity contribution in [3.63, 3.8) is 0 Å². The molecule has 154 valence electrons. The molecule has 3 aromatic rings. The number of hydrogen-bond donors (Lipinski definition) is 2. The summed E-state index contributed by atoms with van der Waals surface area (Å²) >= 11 is 0. The topological polar surface area (TPSA) is 96.7 Å². The summed E-state index contributed by atoms with van der Waals surface area (Å²) in [5, 5.41) is 16.3. The van der Waals surface area contributed by atoms with E-state index in [1.54, 1.807) is 12.1 Å². The van der Waals surface area contributed by atoms with Gasteiger partial charge < -0.3 is 11.1 Å². The van der Waals surface area contributed by atoms with Crippen LogP contribution in [0.3, 0.4) is 0 Å². The molecule has 0 fully saturated rings. The molecule has 3 rings (SSSR count). The Morgan fingerprint density at radius 1 is 1.13 bits per heavy atom. The number of nitrogen functional groups attached to an aromatic ring is 1. The number of aryl methyl sites for hydroxylation is 1. The molecule has 6 nitrogen and oxygen atoms in total. The fraction of sp³-hybridized carbons (Fsp3) is 0.190. The lowest BCUT2D eigenvalue weighted by Crippen LogP contribution is -2.27. The lowest BCUT2D eigenvalue weighted by molar-refractivity contribution is -0.137. The summed E-state index contributed by atoms with van der Waals surface area (Å²) in [6, 6.07) is 15.7. The molecular weight excluding hydrogens is 395 g/mol. The van der Waals surface area contributed by atoms with Crippen molar-refractivity contribution in [3.05, 3.63) is 77.0 Å². The van der Waals surface area contributed by atoms with Gasteiger partial charge in [0, 0.05) is 6.54 Å². The molecule has 0 atom stereocenters. The first kappa shape index (κ1) is 20.9. The van der Waals surface area contributed by atoms with Gasteiger partial charge in [-0.2, -0.15) is 23.5 Å². The van der Waals surface area contributed by atoms with E-state index in [0.29, 0.717) is 24.2 Å². The Labute approximate surface area is 170 Å². The molecule has 1 heterocycles. The standard InChI is InChI=1S/C21H18F3N5O/c22-21(23,24)17-10-5-4-9-15(17)20(30)27-12-6-11-18-16(13-25)19(26)29(28-18)14-7-2-1-3-8-14/h1-5,7-10H,6,11-12,26H2,(H,27,30). The molecule has 9 heteroatoms. The van der Waals surface area contributed by atoms with Crippen molar-refractivity contribution in [2.45, 2.75) is 19.0 Å². The van der Waals surface area contributed by atoms with Crippen LogP contribution in [-0.2, 0) is 12.6 Å². The molecule has 0 aliphatic rings. The molecule has 0 unspecified atom stereocenters. The van der Waals surface area contributed by atoms with Crippen molar-refractivity contribution in [2.24, 2.45) is 0 Å². The normalized spacial score (nSPS) is 11.1. The van der Waals surface area contributed by atoms with Crippen LogP contribution in [0, 0.1) is 11.3 Å². The first-order valence-electron chi connectivity index (χ1n) is 9.10. The summed E-state index contributed by atoms with van der Waals surface area (Å²) in [4.78, 5) is 12.2. The number of carbonyl (C=O) groups excluding carboxylic acids is 1. The molecule has 0 aliphatic heterocycles. The zero-order chi connectivity index (χ0) is 21.7. The minimum absolute atomic E-state index is 0.119. The molecular formula is C21H18F3N5O. The zero-order valence-electron chi connectivity index (χ0n) is 15.8. The zero-order valence-corrected chi connectivity index (χ0v) is 15.8. The number of anilines is 1. The average molecular weight is 413 g/mol. The third kappa shape index (κ3) is 4.43. The third-order valence-corrected chi connectivity index (χ3v) is 4.46. The van der Waals surface area contributed by atoms with E-state index in [2.05, 4.69) is 10.4 Å². The fourth-order valence-electron chi connectivity index (χ4n) is 3.02. The van der Waals surface area contributed by atoms with E-state index in [-0.39, 0.29) is 17.9 Å². The van der Waals surface area contributed by atoms with Crippen LogP contribution in [0.5, 0.6) is 0 Å². The van der Waals surface area contributed by atoms with Gasteiger partial charge >= 0.3 is 6.18 Å². The second-order valence-corrected chi connectivity index (χ2v) is 6.47. The van der Waals surface area contributed by atoms with E-state index >= 15 is 0 Å². The molecule has 0 aliphatic carbocycles. The van der Waals surface area contributed by atoms with Gasteiger partial charge in [-0.25, -0.2) is 4.68 Å². The first-order chi connectivity index (χ1) is 14.3. The van der Waals surface area contributed by atoms with Crippen LogP contribution >= 0.6 is 0 Å². The maximum atomic E-state index is 13.0. The summed E-state index contributed by atoms with van der Waals surface area (Å²) in [7, 11) is 0. The number of para-hydroxylation sites is 1. The number of nitrogens with zero attached hydrogens (tertiary/aromatic N) is 3. The van der Waals surface area contributed by atoms with Crippen molar-refractivity contribution in [1.29, 1.82) is 5.26 Å². The number of aromatic nitrogens is 2. The Morgan fingerprint density at radius 2 is 1.80 bits per heavy atom. The van der Waals surface area contributed by atoms with E-state index in [1.807, 2.05) is 24.3 Å². The lowest BCUT2D eigenvalue weighted by Gasteiger charge is -2.12. The number of hydrogen-bond acceptors (Lipinski definition) is 4. The number of nitrogens with one attached hydrogen (secondary N) is 1. The Bertz CT molecular complexity index is 1080. The molecule has 0 radical (unpaired) electrons.